The molecule has 0 fully saturated rings. The number of hydrogen-bond acceptors (Lipinski definition) is 3. The molecule has 0 spiro atoms. The Labute approximate surface area is 93.1 Å². The van der Waals surface area contributed by atoms with Crippen LogP contribution in [0.1, 0.15) is 20.3 Å². The summed E-state index contributed by atoms with van der Waals surface area (Å²) < 4.78 is 4.34. The van der Waals surface area contributed by atoms with Crippen LogP contribution in [0.5, 0.6) is 0 Å². The number of aliphatic hydroxyl groups is 1. The number of alkyl halides is 1. The van der Waals surface area contributed by atoms with Crippen LogP contribution in [0.2, 0.25) is 0 Å². The van der Waals surface area contributed by atoms with Gasteiger partial charge in [-0.05, 0) is 20.3 Å². The zero-order valence-electron chi connectivity index (χ0n) is 8.84. The third-order valence-corrected chi connectivity index (χ3v) is 2.08. The summed E-state index contributed by atoms with van der Waals surface area (Å²) in [6.45, 7) is 3.99. The molecule has 0 saturated carbocycles. The van der Waals surface area contributed by atoms with Crippen molar-refractivity contribution in [3.63, 3.8) is 0 Å². The molecule has 84 valence electrons. The average Bonchev–Trinajstić information content (AvgIpc) is 2.03. The molecule has 0 aliphatic carbocycles. The SMILES string of the molecule is COCC(CCO)NC(=O)C(C)(C)Br. The van der Waals surface area contributed by atoms with E-state index in [2.05, 4.69) is 21.2 Å². The number of halogens is 1. The fraction of sp³-hybridized carbons (Fsp3) is 0.889. The van der Waals surface area contributed by atoms with E-state index in [4.69, 9.17) is 9.84 Å². The minimum atomic E-state index is -0.589. The summed E-state index contributed by atoms with van der Waals surface area (Å²) in [4.78, 5) is 11.5. The van der Waals surface area contributed by atoms with Crippen LogP contribution in [-0.2, 0) is 9.53 Å². The van der Waals surface area contributed by atoms with Gasteiger partial charge < -0.3 is 15.2 Å². The minimum Gasteiger partial charge on any atom is -0.396 e. The van der Waals surface area contributed by atoms with E-state index >= 15 is 0 Å². The Morgan fingerprint density at radius 2 is 2.21 bits per heavy atom. The van der Waals surface area contributed by atoms with Crippen LogP contribution >= 0.6 is 15.9 Å². The lowest BCUT2D eigenvalue weighted by molar-refractivity contribution is -0.123. The monoisotopic (exact) mass is 267 g/mol. The molecule has 5 heteroatoms. The number of aliphatic hydroxyl groups excluding tert-OH is 1. The maximum atomic E-state index is 11.5. The minimum absolute atomic E-state index is 0.0387. The molecule has 0 aliphatic heterocycles. The quantitative estimate of drug-likeness (QED) is 0.696. The van der Waals surface area contributed by atoms with E-state index in [9.17, 15) is 4.79 Å². The van der Waals surface area contributed by atoms with E-state index < -0.39 is 4.32 Å². The molecule has 0 aromatic rings. The van der Waals surface area contributed by atoms with Crippen molar-refractivity contribution in [2.24, 2.45) is 0 Å². The number of rotatable bonds is 6. The summed E-state index contributed by atoms with van der Waals surface area (Å²) in [6, 6.07) is -0.130. The molecule has 1 amide bonds. The summed E-state index contributed by atoms with van der Waals surface area (Å²) in [5.74, 6) is -0.104. The van der Waals surface area contributed by atoms with Crippen molar-refractivity contribution >= 4 is 21.8 Å². The highest BCUT2D eigenvalue weighted by Gasteiger charge is 2.25. The standard InChI is InChI=1S/C9H18BrNO3/c1-9(2,10)8(13)11-7(4-5-12)6-14-3/h7,12H,4-6H2,1-3H3,(H,11,13). The Hall–Kier alpha value is -0.130. The Morgan fingerprint density at radius 3 is 2.57 bits per heavy atom. The Balaban J connectivity index is 4.08. The maximum Gasteiger partial charge on any atom is 0.236 e. The van der Waals surface area contributed by atoms with E-state index in [0.717, 1.165) is 0 Å². The normalized spacial score (nSPS) is 13.8. The van der Waals surface area contributed by atoms with Crippen molar-refractivity contribution in [2.75, 3.05) is 20.3 Å². The second-order valence-corrected chi connectivity index (χ2v) is 5.59. The van der Waals surface area contributed by atoms with Crippen LogP contribution in [-0.4, -0.2) is 41.7 Å². The zero-order chi connectivity index (χ0) is 11.2. The molecule has 1 unspecified atom stereocenters. The smallest absolute Gasteiger partial charge is 0.236 e. The molecule has 2 N–H and O–H groups in total. The number of nitrogens with one attached hydrogen (secondary N) is 1. The summed E-state index contributed by atoms with van der Waals surface area (Å²) >= 11 is 3.26. The van der Waals surface area contributed by atoms with Gasteiger partial charge >= 0.3 is 0 Å². The molecule has 0 radical (unpaired) electrons. The number of ether oxygens (including phenoxy) is 1. The maximum absolute atomic E-state index is 11.5. The largest absolute Gasteiger partial charge is 0.396 e. The predicted molar refractivity (Wildman–Crippen MR) is 58.5 cm³/mol. The molecular formula is C9H18BrNO3. The topological polar surface area (TPSA) is 58.6 Å². The molecule has 0 aromatic carbocycles. The molecule has 0 saturated heterocycles. The van der Waals surface area contributed by atoms with E-state index in [1.54, 1.807) is 21.0 Å². The van der Waals surface area contributed by atoms with Crippen LogP contribution in [0.15, 0.2) is 0 Å². The van der Waals surface area contributed by atoms with Crippen molar-refractivity contribution in [3.8, 4) is 0 Å². The van der Waals surface area contributed by atoms with Gasteiger partial charge in [0.1, 0.15) is 0 Å². The lowest BCUT2D eigenvalue weighted by atomic mass is 10.1. The molecule has 0 aliphatic rings. The second-order valence-electron chi connectivity index (χ2n) is 3.61. The van der Waals surface area contributed by atoms with Crippen LogP contribution in [0.4, 0.5) is 0 Å². The van der Waals surface area contributed by atoms with Crippen LogP contribution in [0, 0.1) is 0 Å². The fourth-order valence-corrected chi connectivity index (χ4v) is 1.03. The highest BCUT2D eigenvalue weighted by molar-refractivity contribution is 9.10. The van der Waals surface area contributed by atoms with Crippen LogP contribution in [0.25, 0.3) is 0 Å². The fourth-order valence-electron chi connectivity index (χ4n) is 0.911. The van der Waals surface area contributed by atoms with Crippen molar-refractivity contribution in [3.05, 3.63) is 0 Å². The summed E-state index contributed by atoms with van der Waals surface area (Å²) in [7, 11) is 1.57. The van der Waals surface area contributed by atoms with Crippen molar-refractivity contribution < 1.29 is 14.6 Å². The zero-order valence-corrected chi connectivity index (χ0v) is 10.4. The molecule has 0 aromatic heterocycles. The number of carbonyl (C=O) groups is 1. The molecule has 14 heavy (non-hydrogen) atoms. The molecule has 4 nitrogen and oxygen atoms in total. The molecular weight excluding hydrogens is 250 g/mol. The van der Waals surface area contributed by atoms with E-state index in [-0.39, 0.29) is 18.6 Å². The first kappa shape index (κ1) is 13.9. The van der Waals surface area contributed by atoms with Gasteiger partial charge in [0, 0.05) is 13.7 Å². The van der Waals surface area contributed by atoms with E-state index in [0.29, 0.717) is 13.0 Å². The number of hydrogen-bond donors (Lipinski definition) is 2. The third-order valence-electron chi connectivity index (χ3n) is 1.72. The third kappa shape index (κ3) is 5.57. The Kier molecular flexibility index (Phi) is 6.31. The molecule has 0 heterocycles. The van der Waals surface area contributed by atoms with Crippen molar-refractivity contribution in [1.29, 1.82) is 0 Å². The summed E-state index contributed by atoms with van der Waals surface area (Å²) in [6.07, 6.45) is 0.503. The van der Waals surface area contributed by atoms with Gasteiger partial charge in [-0.2, -0.15) is 0 Å². The van der Waals surface area contributed by atoms with Gasteiger partial charge in [0.25, 0.3) is 0 Å². The van der Waals surface area contributed by atoms with Gasteiger partial charge in [0.15, 0.2) is 0 Å². The van der Waals surface area contributed by atoms with Gasteiger partial charge in [-0.1, -0.05) is 15.9 Å². The van der Waals surface area contributed by atoms with Gasteiger partial charge in [0.2, 0.25) is 5.91 Å². The molecule has 0 bridgehead atoms. The summed E-state index contributed by atoms with van der Waals surface area (Å²) in [5, 5.41) is 11.5. The van der Waals surface area contributed by atoms with Gasteiger partial charge in [-0.15, -0.1) is 0 Å². The first-order valence-electron chi connectivity index (χ1n) is 4.51. The van der Waals surface area contributed by atoms with Crippen molar-refractivity contribution in [2.45, 2.75) is 30.6 Å². The second kappa shape index (κ2) is 6.37. The summed E-state index contributed by atoms with van der Waals surface area (Å²) in [5.41, 5.74) is 0. The Morgan fingerprint density at radius 1 is 1.64 bits per heavy atom. The van der Waals surface area contributed by atoms with Gasteiger partial charge in [-0.25, -0.2) is 0 Å². The van der Waals surface area contributed by atoms with E-state index in [1.807, 2.05) is 0 Å². The number of carbonyl (C=O) groups excluding carboxylic acids is 1. The lowest BCUT2D eigenvalue weighted by Gasteiger charge is -2.22. The number of methoxy groups -OCH3 is 1. The predicted octanol–water partition coefficient (Wildman–Crippen LogP) is 0.673. The highest BCUT2D eigenvalue weighted by atomic mass is 79.9. The molecule has 1 atom stereocenters. The van der Waals surface area contributed by atoms with Crippen molar-refractivity contribution in [1.82, 2.24) is 5.32 Å². The van der Waals surface area contributed by atoms with E-state index in [1.165, 1.54) is 0 Å². The van der Waals surface area contributed by atoms with Gasteiger partial charge in [0.05, 0.1) is 17.0 Å². The van der Waals surface area contributed by atoms with Crippen LogP contribution in [0.3, 0.4) is 0 Å². The first-order chi connectivity index (χ1) is 6.41. The lowest BCUT2D eigenvalue weighted by Crippen LogP contribution is -2.45. The van der Waals surface area contributed by atoms with Crippen LogP contribution < -0.4 is 5.32 Å². The highest BCUT2D eigenvalue weighted by Crippen LogP contribution is 2.15. The Bertz CT molecular complexity index is 173. The van der Waals surface area contributed by atoms with Gasteiger partial charge in [-0.3, -0.25) is 4.79 Å². The number of amides is 1. The first-order valence-corrected chi connectivity index (χ1v) is 5.30. The average molecular weight is 268 g/mol. The molecule has 0 rings (SSSR count).